The number of carbonyl (C=O) groups is 6. The third-order valence-electron chi connectivity index (χ3n) is 26.3. The van der Waals surface area contributed by atoms with Gasteiger partial charge < -0.3 is 44.4 Å². The number of fused-ring (bicyclic) bond motifs is 8. The number of imide groups is 2. The molecule has 2 aliphatic carbocycles. The van der Waals surface area contributed by atoms with E-state index in [1.54, 1.807) is 44.7 Å². The number of nitrogens with zero attached hydrogens (tertiary/aromatic N) is 21. The number of ether oxygens (including phenoxy) is 3. The lowest BCUT2D eigenvalue weighted by atomic mass is 9.73. The number of piperidine rings is 1. The highest BCUT2D eigenvalue weighted by Gasteiger charge is 2.53. The van der Waals surface area contributed by atoms with Crippen molar-refractivity contribution in [2.45, 2.75) is 145 Å². The van der Waals surface area contributed by atoms with E-state index >= 15 is 17.6 Å². The molecule has 18 heterocycles. The maximum Gasteiger partial charge on any atom is 0.329 e. The summed E-state index contributed by atoms with van der Waals surface area (Å²) in [6, 6.07) is 9.45. The topological polar surface area (TPSA) is 332 Å². The second kappa shape index (κ2) is 32.8. The van der Waals surface area contributed by atoms with E-state index in [1.165, 1.54) is 43.6 Å². The van der Waals surface area contributed by atoms with Crippen LogP contribution >= 0.6 is 0 Å². The van der Waals surface area contributed by atoms with E-state index in [4.69, 9.17) is 24.2 Å². The number of alkyl halides is 4. The van der Waals surface area contributed by atoms with Crippen molar-refractivity contribution in [2.75, 3.05) is 129 Å². The van der Waals surface area contributed by atoms with E-state index in [1.807, 2.05) is 47.0 Å². The summed E-state index contributed by atoms with van der Waals surface area (Å²) >= 11 is 0. The monoisotopic (exact) mass is 1670 g/mol. The number of urea groups is 2. The molecule has 10 atom stereocenters. The molecule has 2 saturated carbocycles. The number of carbonyl (C=O) groups excluding carboxylic acids is 6. The zero-order valence-electron chi connectivity index (χ0n) is 67.0. The van der Waals surface area contributed by atoms with Crippen molar-refractivity contribution in [3.63, 3.8) is 0 Å². The van der Waals surface area contributed by atoms with E-state index in [2.05, 4.69) is 107 Å². The molecule has 8 saturated heterocycles. The lowest BCUT2D eigenvalue weighted by Gasteiger charge is -2.46. The third-order valence-corrected chi connectivity index (χ3v) is 26.3. The lowest BCUT2D eigenvalue weighted by molar-refractivity contribution is -0.121. The predicted molar refractivity (Wildman–Crippen MR) is 435 cm³/mol. The molecule has 20 rings (SSSR count). The fourth-order valence-electron chi connectivity index (χ4n) is 20.2. The summed E-state index contributed by atoms with van der Waals surface area (Å²) in [5.41, 5.74) is 1.93. The van der Waals surface area contributed by atoms with Gasteiger partial charge in [0, 0.05) is 134 Å². The van der Waals surface area contributed by atoms with E-state index < -0.39 is 60.3 Å². The highest BCUT2D eigenvalue weighted by molar-refractivity contribution is 6.10. The molecule has 0 radical (unpaired) electrons. The van der Waals surface area contributed by atoms with Crippen LogP contribution in [0.1, 0.15) is 152 Å². The van der Waals surface area contributed by atoms with E-state index in [9.17, 15) is 28.8 Å². The van der Waals surface area contributed by atoms with Crippen molar-refractivity contribution in [2.24, 2.45) is 23.7 Å². The Morgan fingerprint density at radius 1 is 0.582 bits per heavy atom. The van der Waals surface area contributed by atoms with Gasteiger partial charge in [0.05, 0.1) is 109 Å². The van der Waals surface area contributed by atoms with Gasteiger partial charge in [-0.3, -0.25) is 62.7 Å². The maximum atomic E-state index is 15.5. The van der Waals surface area contributed by atoms with Gasteiger partial charge in [-0.25, -0.2) is 56.1 Å². The summed E-state index contributed by atoms with van der Waals surface area (Å²) in [5.74, 6) is 13.8. The summed E-state index contributed by atoms with van der Waals surface area (Å²) in [7, 11) is 0. The highest BCUT2D eigenvalue weighted by atomic mass is 19.3. The number of aromatic nitrogens is 14. The number of amides is 8. The molecule has 10 fully saturated rings. The number of nitrogens with one attached hydrogen (secondary N) is 4. The quantitative estimate of drug-likeness (QED) is 0.0416. The molecule has 4 N–H and O–H groups in total. The average molecular weight is 1670 g/mol. The number of piperazine rings is 1. The normalized spacial score (nSPS) is 26.0. The summed E-state index contributed by atoms with van der Waals surface area (Å²) in [5, 5.41) is 28.2. The van der Waals surface area contributed by atoms with Gasteiger partial charge in [0.15, 0.2) is 34.0 Å². The Bertz CT molecular complexity index is 5860. The summed E-state index contributed by atoms with van der Waals surface area (Å²) in [4.78, 5) is 112. The van der Waals surface area contributed by atoms with Crippen molar-refractivity contribution in [3.8, 4) is 23.7 Å². The average Bonchev–Trinajstić information content (AvgIpc) is 1.58. The number of hydrogen-bond donors (Lipinski definition) is 4. The van der Waals surface area contributed by atoms with Gasteiger partial charge >= 0.3 is 12.1 Å². The Labute approximate surface area is 696 Å². The van der Waals surface area contributed by atoms with Gasteiger partial charge in [-0.15, -0.1) is 0 Å². The van der Waals surface area contributed by atoms with Crippen LogP contribution in [-0.4, -0.2) is 253 Å². The van der Waals surface area contributed by atoms with Crippen molar-refractivity contribution in [1.82, 2.24) is 92.9 Å². The van der Waals surface area contributed by atoms with Gasteiger partial charge in [0.2, 0.25) is 11.8 Å². The SMILES string of the molecule is C[C@H]1CN(C[C@@H]2CC[C@@H](n3cc(NC(=O)c4cnn5ccc(N6C[C@H]7C[C@@H]6CO7)nc45)c(C(F)F)n3)C(C3O[C@@H]4C[C@H]3N(c3ccn5ncc(C(=O)Nc6cn([C@H]7CC[C@H](CN8CCN(CC#Cc9cccn%10c(N%11CCC(=O)NC%11=O)cnc9%10)CC8)CC7)nc6C(F)F)c5n3)C4)C2)CC[C@@H]1OCC#Cc1cccn2c(N3CCC(=O)NC3=O)cnc12. The van der Waals surface area contributed by atoms with Crippen LogP contribution in [0.15, 0.2) is 98.4 Å². The zero-order valence-corrected chi connectivity index (χ0v) is 67.0. The number of pyridine rings is 2. The molecule has 4 bridgehead atoms. The molecule has 122 heavy (non-hydrogen) atoms. The van der Waals surface area contributed by atoms with Crippen LogP contribution in [0, 0.1) is 47.4 Å². The molecular formula is C84H91F4N25O9. The first-order chi connectivity index (χ1) is 59.4. The van der Waals surface area contributed by atoms with Crippen LogP contribution < -0.4 is 40.9 Å². The second-order valence-corrected chi connectivity index (χ2v) is 33.8. The number of morpholine rings is 2. The Hall–Kier alpha value is -11.9. The number of hydrogen-bond acceptors (Lipinski definition) is 22. The Morgan fingerprint density at radius 3 is 1.75 bits per heavy atom. The number of anilines is 6. The van der Waals surface area contributed by atoms with Gasteiger partial charge in [0.1, 0.15) is 41.0 Å². The molecule has 10 aliphatic rings. The third kappa shape index (κ3) is 15.3. The molecule has 10 aromatic heterocycles. The summed E-state index contributed by atoms with van der Waals surface area (Å²) < 4.78 is 90.2. The molecule has 8 amide bonds. The number of imidazole rings is 2. The minimum Gasteiger partial charge on any atom is -0.374 e. The lowest BCUT2D eigenvalue weighted by Crippen LogP contribution is -2.51. The minimum absolute atomic E-state index is 0.0584. The van der Waals surface area contributed by atoms with Gasteiger partial charge in [-0.1, -0.05) is 30.6 Å². The molecule has 10 aromatic rings. The van der Waals surface area contributed by atoms with Crippen molar-refractivity contribution in [1.29, 1.82) is 0 Å². The fraction of sp³-hybridized carbons (Fsp3) is 0.500. The first-order valence-corrected chi connectivity index (χ1v) is 42.2. The molecule has 634 valence electrons. The fourth-order valence-corrected chi connectivity index (χ4v) is 20.2. The van der Waals surface area contributed by atoms with Crippen molar-refractivity contribution >= 4 is 92.9 Å². The van der Waals surface area contributed by atoms with Gasteiger partial charge in [0.25, 0.3) is 24.7 Å². The smallest absolute Gasteiger partial charge is 0.329 e. The Balaban J connectivity index is 0.491. The molecular weight excluding hydrogens is 1580 g/mol. The van der Waals surface area contributed by atoms with Gasteiger partial charge in [-0.2, -0.15) is 20.4 Å². The highest BCUT2D eigenvalue weighted by Crippen LogP contribution is 2.49. The van der Waals surface area contributed by atoms with Crippen LogP contribution in [0.25, 0.3) is 22.6 Å². The Kier molecular flexibility index (Phi) is 21.1. The first kappa shape index (κ1) is 78.6. The van der Waals surface area contributed by atoms with E-state index in [0.717, 1.165) is 103 Å². The molecule has 0 spiro atoms. The zero-order chi connectivity index (χ0) is 83.1. The van der Waals surface area contributed by atoms with E-state index in [0.29, 0.717) is 91.6 Å². The van der Waals surface area contributed by atoms with Crippen molar-refractivity contribution < 1.29 is 60.5 Å². The maximum absolute atomic E-state index is 15.5. The standard InChI is InChI=1S/C84H91F4N25O9/c1-49-41-103(24-16-65(49)120-33-5-9-53-8-4-23-105-71(40-90-78(53)105)107-26-20-69(115)98-84(107)119)43-51-12-15-63(113-47-62(73(100-113)76(87)88)94-82(117)59-37-91-110-27-17-66(95-79(59)110)108-44-56-35-55(108)48-121-56)58(34-51)74-64-36-57(122-74)45-109(64)67-18-28-111-80(96-67)60(38-92-111)81(116)93-61-46-112(99-72(61)75(85)86)54-13-10-50(11-14-54)42-102-31-29-101(30-32-102)21-2-6-52-7-3-22-104-70(39-89-77(52)104)106-25-19-68(114)97-83(106)118/h3-4,7-8,17-18,22-23,27-28,37-40,46-47,49-51,54-58,63-65,74-76H,10-16,19-21,24-26,29-36,41-45,48H2,1H3,(H,93,116)(H,94,117)(H,97,114,118)(H,98,115,119)/t49-,50-,51+,54-,55+,56+,57+,58?,63+,64+,65-,74?/m0/s1. The van der Waals surface area contributed by atoms with E-state index in [-0.39, 0.29) is 132 Å². The Morgan fingerprint density at radius 2 is 1.16 bits per heavy atom. The molecule has 2 unspecified atom stereocenters. The van der Waals surface area contributed by atoms with Crippen molar-refractivity contribution in [3.05, 3.63) is 132 Å². The molecule has 8 aliphatic heterocycles. The molecule has 0 aromatic carbocycles. The second-order valence-electron chi connectivity index (χ2n) is 33.8. The predicted octanol–water partition coefficient (Wildman–Crippen LogP) is 7.89. The van der Waals surface area contributed by atoms with Gasteiger partial charge in [-0.05, 0) is 118 Å². The van der Waals surface area contributed by atoms with Crippen LogP contribution in [-0.2, 0) is 23.8 Å². The largest absolute Gasteiger partial charge is 0.374 e. The number of likely N-dealkylation sites (tertiary alicyclic amines) is 1. The molecule has 34 nitrogen and oxygen atoms in total. The van der Waals surface area contributed by atoms with Crippen LogP contribution in [0.4, 0.5) is 61.8 Å². The number of halogens is 4. The molecule has 38 heteroatoms. The van der Waals surface area contributed by atoms with Crippen LogP contribution in [0.3, 0.4) is 0 Å². The first-order valence-electron chi connectivity index (χ1n) is 42.2. The summed E-state index contributed by atoms with van der Waals surface area (Å²) in [6.45, 7) is 11.9. The number of rotatable bonds is 20. The minimum atomic E-state index is -3.05. The van der Waals surface area contributed by atoms with Crippen LogP contribution in [0.5, 0.6) is 0 Å². The summed E-state index contributed by atoms with van der Waals surface area (Å²) in [6.07, 6.45) is 17.3. The van der Waals surface area contributed by atoms with Crippen LogP contribution in [0.2, 0.25) is 0 Å².